The molecule has 1 aromatic rings. The zero-order chi connectivity index (χ0) is 9.84. The van der Waals surface area contributed by atoms with Crippen molar-refractivity contribution in [1.82, 2.24) is 9.13 Å². The van der Waals surface area contributed by atoms with Crippen molar-refractivity contribution in [3.63, 3.8) is 0 Å². The molecule has 4 heteroatoms. The van der Waals surface area contributed by atoms with E-state index in [-0.39, 0.29) is 11.7 Å². The number of aromatic nitrogens is 2. The zero-order valence-electron chi connectivity index (χ0n) is 8.23. The SMILES string of the molecule is CCCn1ccn(CC(C)N)c1=O. The summed E-state index contributed by atoms with van der Waals surface area (Å²) < 4.78 is 3.36. The normalized spacial score (nSPS) is 13.2. The molecule has 1 unspecified atom stereocenters. The summed E-state index contributed by atoms with van der Waals surface area (Å²) in [6.45, 7) is 5.32. The van der Waals surface area contributed by atoms with Crippen LogP contribution in [0.15, 0.2) is 17.2 Å². The van der Waals surface area contributed by atoms with Gasteiger partial charge in [0.05, 0.1) is 0 Å². The van der Waals surface area contributed by atoms with E-state index in [0.717, 1.165) is 13.0 Å². The minimum absolute atomic E-state index is 0.0233. The molecule has 1 aromatic heterocycles. The Morgan fingerprint density at radius 3 is 2.62 bits per heavy atom. The molecule has 1 rings (SSSR count). The Kier molecular flexibility index (Phi) is 3.31. The summed E-state index contributed by atoms with van der Waals surface area (Å²) in [6.07, 6.45) is 4.58. The van der Waals surface area contributed by atoms with Crippen molar-refractivity contribution in [2.24, 2.45) is 5.73 Å². The van der Waals surface area contributed by atoms with Crippen molar-refractivity contribution < 1.29 is 0 Å². The zero-order valence-corrected chi connectivity index (χ0v) is 8.23. The summed E-state index contributed by atoms with van der Waals surface area (Å²) in [5.41, 5.74) is 5.65. The van der Waals surface area contributed by atoms with Crippen LogP contribution >= 0.6 is 0 Å². The molecule has 0 fully saturated rings. The van der Waals surface area contributed by atoms with E-state index in [4.69, 9.17) is 5.73 Å². The van der Waals surface area contributed by atoms with Crippen molar-refractivity contribution in [1.29, 1.82) is 0 Å². The highest BCUT2D eigenvalue weighted by molar-refractivity contribution is 4.82. The quantitative estimate of drug-likeness (QED) is 0.735. The third-order valence-corrected chi connectivity index (χ3v) is 1.87. The van der Waals surface area contributed by atoms with Crippen LogP contribution in [-0.4, -0.2) is 15.2 Å². The Balaban J connectivity index is 2.80. The maximum Gasteiger partial charge on any atom is 0.328 e. The van der Waals surface area contributed by atoms with Gasteiger partial charge in [-0.15, -0.1) is 0 Å². The molecule has 0 aliphatic carbocycles. The third-order valence-electron chi connectivity index (χ3n) is 1.87. The Labute approximate surface area is 78.0 Å². The summed E-state index contributed by atoms with van der Waals surface area (Å²) in [7, 11) is 0. The highest BCUT2D eigenvalue weighted by Crippen LogP contribution is 1.89. The van der Waals surface area contributed by atoms with Gasteiger partial charge in [0, 0.05) is 31.5 Å². The van der Waals surface area contributed by atoms with Crippen molar-refractivity contribution in [2.75, 3.05) is 0 Å². The fraction of sp³-hybridized carbons (Fsp3) is 0.667. The fourth-order valence-corrected chi connectivity index (χ4v) is 1.31. The van der Waals surface area contributed by atoms with Crippen molar-refractivity contribution in [3.8, 4) is 0 Å². The molecular weight excluding hydrogens is 166 g/mol. The Hall–Kier alpha value is -1.03. The van der Waals surface area contributed by atoms with Gasteiger partial charge in [-0.2, -0.15) is 0 Å². The van der Waals surface area contributed by atoms with Crippen LogP contribution < -0.4 is 11.4 Å². The first-order valence-corrected chi connectivity index (χ1v) is 4.66. The minimum atomic E-state index is 0.0233. The molecule has 13 heavy (non-hydrogen) atoms. The maximum absolute atomic E-state index is 11.6. The molecule has 0 aliphatic rings. The van der Waals surface area contributed by atoms with Gasteiger partial charge in [0.2, 0.25) is 0 Å². The Morgan fingerprint density at radius 1 is 1.46 bits per heavy atom. The molecule has 0 aromatic carbocycles. The molecule has 0 amide bonds. The van der Waals surface area contributed by atoms with Crippen molar-refractivity contribution >= 4 is 0 Å². The molecule has 4 nitrogen and oxygen atoms in total. The van der Waals surface area contributed by atoms with Gasteiger partial charge < -0.3 is 5.73 Å². The lowest BCUT2D eigenvalue weighted by Crippen LogP contribution is -2.30. The maximum atomic E-state index is 11.6. The van der Waals surface area contributed by atoms with Gasteiger partial charge in [0.15, 0.2) is 0 Å². The first-order valence-electron chi connectivity index (χ1n) is 4.66. The van der Waals surface area contributed by atoms with Crippen LogP contribution in [-0.2, 0) is 13.1 Å². The summed E-state index contributed by atoms with van der Waals surface area (Å²) in [6, 6.07) is 0.0233. The number of aryl methyl sites for hydroxylation is 1. The number of hydrogen-bond acceptors (Lipinski definition) is 2. The molecule has 74 valence electrons. The van der Waals surface area contributed by atoms with Crippen molar-refractivity contribution in [2.45, 2.75) is 39.4 Å². The average Bonchev–Trinajstić information content (AvgIpc) is 2.36. The van der Waals surface area contributed by atoms with Gasteiger partial charge in [-0.1, -0.05) is 6.92 Å². The number of hydrogen-bond donors (Lipinski definition) is 1. The van der Waals surface area contributed by atoms with Gasteiger partial charge in [0.25, 0.3) is 0 Å². The van der Waals surface area contributed by atoms with Gasteiger partial charge in [-0.05, 0) is 13.3 Å². The summed E-state index contributed by atoms with van der Waals surface area (Å²) in [5.74, 6) is 0. The summed E-state index contributed by atoms with van der Waals surface area (Å²) in [5, 5.41) is 0. The largest absolute Gasteiger partial charge is 0.328 e. The van der Waals surface area contributed by atoms with Crippen molar-refractivity contribution in [3.05, 3.63) is 22.9 Å². The number of nitrogens with two attached hydrogens (primary N) is 1. The van der Waals surface area contributed by atoms with E-state index in [1.165, 1.54) is 0 Å². The monoisotopic (exact) mass is 183 g/mol. The lowest BCUT2D eigenvalue weighted by Gasteiger charge is -2.04. The van der Waals surface area contributed by atoms with Crippen LogP contribution in [0.3, 0.4) is 0 Å². The molecule has 1 heterocycles. The first-order chi connectivity index (χ1) is 6.15. The minimum Gasteiger partial charge on any atom is -0.326 e. The molecular formula is C9H17N3O. The summed E-state index contributed by atoms with van der Waals surface area (Å²) >= 11 is 0. The van der Waals surface area contributed by atoms with Gasteiger partial charge in [-0.3, -0.25) is 9.13 Å². The highest BCUT2D eigenvalue weighted by atomic mass is 16.1. The molecule has 2 N–H and O–H groups in total. The predicted molar refractivity (Wildman–Crippen MR) is 52.6 cm³/mol. The molecule has 1 atom stereocenters. The van der Waals surface area contributed by atoms with Crippen LogP contribution in [0.1, 0.15) is 20.3 Å². The van der Waals surface area contributed by atoms with Crippen LogP contribution in [0.4, 0.5) is 0 Å². The first kappa shape index (κ1) is 10.1. The standard InChI is InChI=1S/C9H17N3O/c1-3-4-11-5-6-12(9(11)13)7-8(2)10/h5-6,8H,3-4,7,10H2,1-2H3. The van der Waals surface area contributed by atoms with Crippen LogP contribution in [0, 0.1) is 0 Å². The van der Waals surface area contributed by atoms with Gasteiger partial charge >= 0.3 is 5.69 Å². The van der Waals surface area contributed by atoms with Gasteiger partial charge in [0.1, 0.15) is 0 Å². The van der Waals surface area contributed by atoms with Gasteiger partial charge in [-0.25, -0.2) is 4.79 Å². The van der Waals surface area contributed by atoms with Crippen LogP contribution in [0.2, 0.25) is 0 Å². The topological polar surface area (TPSA) is 52.9 Å². The van der Waals surface area contributed by atoms with E-state index in [9.17, 15) is 4.79 Å². The fourth-order valence-electron chi connectivity index (χ4n) is 1.31. The smallest absolute Gasteiger partial charge is 0.326 e. The second kappa shape index (κ2) is 4.28. The summed E-state index contributed by atoms with van der Waals surface area (Å²) in [4.78, 5) is 11.6. The number of nitrogens with zero attached hydrogens (tertiary/aromatic N) is 2. The molecule has 0 bridgehead atoms. The highest BCUT2D eigenvalue weighted by Gasteiger charge is 2.03. The molecule has 0 spiro atoms. The Bertz CT molecular complexity index is 311. The average molecular weight is 183 g/mol. The molecule has 0 radical (unpaired) electrons. The third kappa shape index (κ3) is 2.45. The molecule has 0 aliphatic heterocycles. The van der Waals surface area contributed by atoms with E-state index >= 15 is 0 Å². The van der Waals surface area contributed by atoms with E-state index in [0.29, 0.717) is 6.54 Å². The number of rotatable bonds is 4. The lowest BCUT2D eigenvalue weighted by molar-refractivity contribution is 0.550. The van der Waals surface area contributed by atoms with E-state index < -0.39 is 0 Å². The van der Waals surface area contributed by atoms with E-state index in [2.05, 4.69) is 6.92 Å². The van der Waals surface area contributed by atoms with E-state index in [1.54, 1.807) is 15.3 Å². The number of imidazole rings is 1. The molecule has 0 saturated heterocycles. The Morgan fingerprint density at radius 2 is 2.08 bits per heavy atom. The second-order valence-corrected chi connectivity index (χ2v) is 3.40. The van der Waals surface area contributed by atoms with E-state index in [1.807, 2.05) is 13.1 Å². The predicted octanol–water partition coefficient (Wildman–Crippen LogP) is 0.407. The van der Waals surface area contributed by atoms with Crippen LogP contribution in [0.5, 0.6) is 0 Å². The molecule has 0 saturated carbocycles. The lowest BCUT2D eigenvalue weighted by atomic mass is 10.4. The second-order valence-electron chi connectivity index (χ2n) is 3.40. The van der Waals surface area contributed by atoms with Crippen LogP contribution in [0.25, 0.3) is 0 Å².